The van der Waals surface area contributed by atoms with E-state index in [1.165, 1.54) is 0 Å². The van der Waals surface area contributed by atoms with Gasteiger partial charge >= 0.3 is 0 Å². The Morgan fingerprint density at radius 1 is 1.00 bits per heavy atom. The third-order valence-corrected chi connectivity index (χ3v) is 6.46. The zero-order chi connectivity index (χ0) is 23.7. The van der Waals surface area contributed by atoms with Crippen molar-refractivity contribution in [2.24, 2.45) is 0 Å². The van der Waals surface area contributed by atoms with Crippen LogP contribution in [-0.4, -0.2) is 36.9 Å². The second-order valence-corrected chi connectivity index (χ2v) is 8.69. The molecule has 0 spiro atoms. The lowest BCUT2D eigenvalue weighted by Crippen LogP contribution is -2.27. The standard InChI is InChI=1S/C27H26N2O5.2H2/c1-17-2-8-21(15-22(17)18-3-5-19(6-4-18)25(31)28-12-13-30)29-26(32)27(10-11-27)20-7-9-23-24(14-20)34-16-33-23;;/h2-9,14-15,30H,10-13,16H2,1H3,(H,28,31)(H,29,32);2*1H. The lowest BCUT2D eigenvalue weighted by Gasteiger charge is -2.17. The molecule has 1 heterocycles. The summed E-state index contributed by atoms with van der Waals surface area (Å²) in [5, 5.41) is 14.6. The van der Waals surface area contributed by atoms with E-state index in [9.17, 15) is 9.59 Å². The zero-order valence-corrected chi connectivity index (χ0v) is 18.9. The Kier molecular flexibility index (Phi) is 5.71. The van der Waals surface area contributed by atoms with Crippen LogP contribution < -0.4 is 20.1 Å². The second-order valence-electron chi connectivity index (χ2n) is 8.69. The van der Waals surface area contributed by atoms with Gasteiger partial charge in [0.15, 0.2) is 11.5 Å². The van der Waals surface area contributed by atoms with Gasteiger partial charge in [-0.2, -0.15) is 0 Å². The fourth-order valence-corrected chi connectivity index (χ4v) is 4.30. The van der Waals surface area contributed by atoms with Crippen molar-refractivity contribution >= 4 is 17.5 Å². The molecule has 0 bridgehead atoms. The molecule has 0 saturated heterocycles. The SMILES string of the molecule is Cc1ccc(NC(=O)C2(c3ccc4c(c3)OCO4)CC2)cc1-c1ccc(C(=O)NCCO)cc1.[HH].[HH]. The zero-order valence-electron chi connectivity index (χ0n) is 18.9. The number of ether oxygens (including phenoxy) is 2. The Labute approximate surface area is 200 Å². The Hall–Kier alpha value is -3.84. The van der Waals surface area contributed by atoms with Crippen molar-refractivity contribution in [2.45, 2.75) is 25.2 Å². The maximum Gasteiger partial charge on any atom is 0.251 e. The molecule has 1 aliphatic carbocycles. The van der Waals surface area contributed by atoms with E-state index in [0.29, 0.717) is 17.1 Å². The summed E-state index contributed by atoms with van der Waals surface area (Å²) >= 11 is 0. The predicted octanol–water partition coefficient (Wildman–Crippen LogP) is 4.28. The third-order valence-electron chi connectivity index (χ3n) is 6.46. The highest BCUT2D eigenvalue weighted by molar-refractivity contribution is 6.02. The summed E-state index contributed by atoms with van der Waals surface area (Å²) in [6, 6.07) is 18.8. The van der Waals surface area contributed by atoms with E-state index in [-0.39, 0.29) is 34.6 Å². The minimum absolute atomic E-state index is 0. The van der Waals surface area contributed by atoms with Crippen molar-refractivity contribution in [3.05, 3.63) is 77.4 Å². The number of hydrogen-bond donors (Lipinski definition) is 3. The number of aryl methyl sites for hydroxylation is 1. The Morgan fingerprint density at radius 2 is 1.76 bits per heavy atom. The first kappa shape index (κ1) is 22.0. The number of nitrogens with one attached hydrogen (secondary N) is 2. The molecule has 7 heteroatoms. The normalized spacial score (nSPS) is 15.0. The van der Waals surface area contributed by atoms with E-state index in [1.54, 1.807) is 12.1 Å². The lowest BCUT2D eigenvalue weighted by molar-refractivity contribution is -0.118. The summed E-state index contributed by atoms with van der Waals surface area (Å²) in [5.74, 6) is 1.14. The predicted molar refractivity (Wildman–Crippen MR) is 132 cm³/mol. The number of rotatable bonds is 7. The largest absolute Gasteiger partial charge is 0.454 e. The molecule has 0 aromatic heterocycles. The number of aliphatic hydroxyl groups excluding tert-OH is 1. The molecular weight excluding hydrogens is 432 g/mol. The number of carbonyl (C=O) groups excluding carboxylic acids is 2. The highest BCUT2D eigenvalue weighted by atomic mass is 16.7. The highest BCUT2D eigenvalue weighted by Gasteiger charge is 2.51. The van der Waals surface area contributed by atoms with Gasteiger partial charge in [0.2, 0.25) is 12.7 Å². The van der Waals surface area contributed by atoms with E-state index in [0.717, 1.165) is 40.8 Å². The van der Waals surface area contributed by atoms with Crippen LogP contribution in [0.4, 0.5) is 5.69 Å². The van der Waals surface area contributed by atoms with E-state index < -0.39 is 5.41 Å². The summed E-state index contributed by atoms with van der Waals surface area (Å²) in [7, 11) is 0. The van der Waals surface area contributed by atoms with E-state index in [4.69, 9.17) is 14.6 Å². The molecule has 0 atom stereocenters. The molecule has 3 N–H and O–H groups in total. The van der Waals surface area contributed by atoms with Gasteiger partial charge in [0.25, 0.3) is 5.91 Å². The number of aliphatic hydroxyl groups is 1. The monoisotopic (exact) mass is 462 g/mol. The van der Waals surface area contributed by atoms with Crippen LogP contribution in [0.25, 0.3) is 11.1 Å². The number of amides is 2. The number of fused-ring (bicyclic) bond motifs is 1. The van der Waals surface area contributed by atoms with E-state index in [1.807, 2.05) is 55.5 Å². The van der Waals surface area contributed by atoms with Crippen LogP contribution in [0.15, 0.2) is 60.7 Å². The topological polar surface area (TPSA) is 96.9 Å². The maximum absolute atomic E-state index is 13.3. The Bertz CT molecular complexity index is 1260. The number of anilines is 1. The molecule has 0 unspecified atom stereocenters. The minimum Gasteiger partial charge on any atom is -0.454 e. The molecule has 1 fully saturated rings. The summed E-state index contributed by atoms with van der Waals surface area (Å²) in [5.41, 5.74) is 4.64. The van der Waals surface area contributed by atoms with E-state index in [2.05, 4.69) is 10.6 Å². The molecule has 5 rings (SSSR count). The van der Waals surface area contributed by atoms with Crippen LogP contribution >= 0.6 is 0 Å². The van der Waals surface area contributed by atoms with Gasteiger partial charge in [-0.25, -0.2) is 0 Å². The van der Waals surface area contributed by atoms with Crippen LogP contribution in [-0.2, 0) is 10.2 Å². The fourth-order valence-electron chi connectivity index (χ4n) is 4.30. The molecule has 2 aliphatic rings. The number of hydrogen-bond acceptors (Lipinski definition) is 5. The Balaban J connectivity index is 0.00000180. The average molecular weight is 463 g/mol. The van der Waals surface area contributed by atoms with Gasteiger partial charge in [0.1, 0.15) is 0 Å². The Morgan fingerprint density at radius 3 is 2.50 bits per heavy atom. The lowest BCUT2D eigenvalue weighted by atomic mass is 9.94. The van der Waals surface area contributed by atoms with Gasteiger partial charge in [0, 0.05) is 20.6 Å². The van der Waals surface area contributed by atoms with Gasteiger partial charge in [-0.1, -0.05) is 24.3 Å². The second kappa shape index (κ2) is 8.83. The molecule has 1 saturated carbocycles. The first-order chi connectivity index (χ1) is 16.5. The van der Waals surface area contributed by atoms with Crippen molar-refractivity contribution in [3.63, 3.8) is 0 Å². The molecule has 3 aromatic rings. The van der Waals surface area contributed by atoms with Gasteiger partial charge in [-0.15, -0.1) is 0 Å². The summed E-state index contributed by atoms with van der Waals surface area (Å²) in [4.78, 5) is 25.4. The molecule has 178 valence electrons. The van der Waals surface area contributed by atoms with Gasteiger partial charge in [-0.05, 0) is 78.4 Å². The first-order valence-electron chi connectivity index (χ1n) is 11.3. The molecule has 1 aliphatic heterocycles. The van der Waals surface area contributed by atoms with Crippen LogP contribution in [0, 0.1) is 6.92 Å². The van der Waals surface area contributed by atoms with Gasteiger partial charge in [0.05, 0.1) is 12.0 Å². The molecule has 3 aromatic carbocycles. The molecule has 0 radical (unpaired) electrons. The third kappa shape index (κ3) is 4.10. The highest BCUT2D eigenvalue weighted by Crippen LogP contribution is 2.51. The van der Waals surface area contributed by atoms with Crippen molar-refractivity contribution in [1.29, 1.82) is 0 Å². The number of benzene rings is 3. The number of carbonyl (C=O) groups is 2. The average Bonchev–Trinajstić information content (AvgIpc) is 3.54. The van der Waals surface area contributed by atoms with Crippen molar-refractivity contribution in [3.8, 4) is 22.6 Å². The van der Waals surface area contributed by atoms with Crippen molar-refractivity contribution in [1.82, 2.24) is 5.32 Å². The molecule has 34 heavy (non-hydrogen) atoms. The first-order valence-corrected chi connectivity index (χ1v) is 11.3. The van der Waals surface area contributed by atoms with Crippen LogP contribution in [0.2, 0.25) is 0 Å². The van der Waals surface area contributed by atoms with Gasteiger partial charge < -0.3 is 25.2 Å². The van der Waals surface area contributed by atoms with Crippen LogP contribution in [0.1, 0.15) is 37.2 Å². The molecular formula is C27H30N2O5. The smallest absolute Gasteiger partial charge is 0.251 e. The van der Waals surface area contributed by atoms with Gasteiger partial charge in [-0.3, -0.25) is 9.59 Å². The van der Waals surface area contributed by atoms with Crippen LogP contribution in [0.3, 0.4) is 0 Å². The van der Waals surface area contributed by atoms with Crippen LogP contribution in [0.5, 0.6) is 11.5 Å². The van der Waals surface area contributed by atoms with Crippen molar-refractivity contribution in [2.75, 3.05) is 25.3 Å². The fraction of sp³-hybridized carbons (Fsp3) is 0.259. The maximum atomic E-state index is 13.3. The summed E-state index contributed by atoms with van der Waals surface area (Å²) in [6.07, 6.45) is 1.58. The quantitative estimate of drug-likeness (QED) is 0.487. The summed E-state index contributed by atoms with van der Waals surface area (Å²) < 4.78 is 10.9. The molecule has 2 amide bonds. The summed E-state index contributed by atoms with van der Waals surface area (Å²) in [6.45, 7) is 2.34. The van der Waals surface area contributed by atoms with E-state index >= 15 is 0 Å². The van der Waals surface area contributed by atoms with Crippen molar-refractivity contribution < 1.29 is 27.0 Å². The molecule has 7 nitrogen and oxygen atoms in total. The minimum atomic E-state index is -0.546.